The number of thiazole rings is 1. The Hall–Kier alpha value is -1.39. The van der Waals surface area contributed by atoms with Crippen molar-refractivity contribution in [1.29, 1.82) is 0 Å². The van der Waals surface area contributed by atoms with Gasteiger partial charge in [-0.2, -0.15) is 0 Å². The van der Waals surface area contributed by atoms with Gasteiger partial charge < -0.3 is 10.5 Å². The van der Waals surface area contributed by atoms with E-state index < -0.39 is 0 Å². The van der Waals surface area contributed by atoms with Crippen molar-refractivity contribution in [1.82, 2.24) is 4.98 Å². The van der Waals surface area contributed by atoms with E-state index in [1.54, 1.807) is 11.3 Å². The minimum Gasteiger partial charge on any atom is -0.486 e. The Morgan fingerprint density at radius 3 is 2.61 bits per heavy atom. The van der Waals surface area contributed by atoms with Crippen molar-refractivity contribution in [3.05, 3.63) is 44.9 Å². The summed E-state index contributed by atoms with van der Waals surface area (Å²) in [4.78, 5) is 5.39. The summed E-state index contributed by atoms with van der Waals surface area (Å²) in [7, 11) is 0. The Balaban J connectivity index is 2.12. The minimum absolute atomic E-state index is 0.510. The Bertz CT molecular complexity index is 549. The van der Waals surface area contributed by atoms with Crippen molar-refractivity contribution in [3.63, 3.8) is 0 Å². The zero-order valence-corrected chi connectivity index (χ0v) is 11.8. The summed E-state index contributed by atoms with van der Waals surface area (Å²) in [6.45, 7) is 7.30. The summed E-state index contributed by atoms with van der Waals surface area (Å²) in [5.74, 6) is 0.972. The highest BCUT2D eigenvalue weighted by atomic mass is 32.1. The Morgan fingerprint density at radius 2 is 1.94 bits per heavy atom. The van der Waals surface area contributed by atoms with E-state index in [9.17, 15) is 0 Å². The lowest BCUT2D eigenvalue weighted by Gasteiger charge is -2.12. The fourth-order valence-electron chi connectivity index (χ4n) is 1.79. The van der Waals surface area contributed by atoms with Crippen molar-refractivity contribution in [2.45, 2.75) is 33.9 Å². The molecule has 0 saturated heterocycles. The summed E-state index contributed by atoms with van der Waals surface area (Å²) in [6, 6.07) is 4.21. The minimum atomic E-state index is 0.510. The van der Waals surface area contributed by atoms with E-state index in [0.29, 0.717) is 13.2 Å². The first-order chi connectivity index (χ1) is 8.61. The number of hydrogen-bond acceptors (Lipinski definition) is 4. The molecule has 96 valence electrons. The number of nitrogens with zero attached hydrogens (tertiary/aromatic N) is 1. The second-order valence-electron chi connectivity index (χ2n) is 4.37. The van der Waals surface area contributed by atoms with E-state index in [1.165, 1.54) is 11.1 Å². The lowest BCUT2D eigenvalue weighted by molar-refractivity contribution is 0.301. The maximum Gasteiger partial charge on any atom is 0.140 e. The third kappa shape index (κ3) is 2.71. The van der Waals surface area contributed by atoms with E-state index in [-0.39, 0.29) is 0 Å². The molecule has 0 aliphatic heterocycles. The van der Waals surface area contributed by atoms with Gasteiger partial charge in [0.15, 0.2) is 0 Å². The van der Waals surface area contributed by atoms with Gasteiger partial charge in [-0.25, -0.2) is 4.98 Å². The average molecular weight is 262 g/mol. The predicted molar refractivity (Wildman–Crippen MR) is 75.0 cm³/mol. The average Bonchev–Trinajstić information content (AvgIpc) is 2.82. The van der Waals surface area contributed by atoms with Gasteiger partial charge in [0, 0.05) is 17.6 Å². The fraction of sp³-hybridized carbons (Fsp3) is 0.357. The maximum atomic E-state index is 5.90. The molecule has 3 nitrogen and oxygen atoms in total. The summed E-state index contributed by atoms with van der Waals surface area (Å²) in [5.41, 5.74) is 9.18. The standard InChI is InChI=1S/C14H18N2OS/c1-9-4-5-10(2)14(11(9)3)17-8-13-16-7-12(6-15)18-13/h4-5,7H,6,8,15H2,1-3H3. The van der Waals surface area contributed by atoms with Crippen molar-refractivity contribution in [3.8, 4) is 5.75 Å². The molecule has 0 saturated carbocycles. The summed E-state index contributed by atoms with van der Waals surface area (Å²) in [5, 5.41) is 0.968. The molecule has 0 fully saturated rings. The summed E-state index contributed by atoms with van der Waals surface area (Å²) >= 11 is 1.61. The number of rotatable bonds is 4. The molecule has 2 rings (SSSR count). The van der Waals surface area contributed by atoms with Gasteiger partial charge in [-0.15, -0.1) is 11.3 Å². The van der Waals surface area contributed by atoms with Crippen LogP contribution in [-0.2, 0) is 13.2 Å². The summed E-state index contributed by atoms with van der Waals surface area (Å²) in [6.07, 6.45) is 1.82. The molecule has 18 heavy (non-hydrogen) atoms. The van der Waals surface area contributed by atoms with Crippen molar-refractivity contribution < 1.29 is 4.74 Å². The second kappa shape index (κ2) is 5.50. The van der Waals surface area contributed by atoms with Crippen molar-refractivity contribution >= 4 is 11.3 Å². The molecule has 1 aromatic heterocycles. The maximum absolute atomic E-state index is 5.90. The van der Waals surface area contributed by atoms with Crippen LogP contribution in [0.5, 0.6) is 5.75 Å². The topological polar surface area (TPSA) is 48.1 Å². The first-order valence-corrected chi connectivity index (χ1v) is 6.76. The van der Waals surface area contributed by atoms with E-state index in [0.717, 1.165) is 21.2 Å². The van der Waals surface area contributed by atoms with Crippen LogP contribution in [0.2, 0.25) is 0 Å². The highest BCUT2D eigenvalue weighted by molar-refractivity contribution is 7.11. The number of benzene rings is 1. The molecule has 0 spiro atoms. The molecule has 0 radical (unpaired) electrons. The highest BCUT2D eigenvalue weighted by Crippen LogP contribution is 2.27. The Kier molecular flexibility index (Phi) is 3.99. The van der Waals surface area contributed by atoms with Crippen LogP contribution < -0.4 is 10.5 Å². The van der Waals surface area contributed by atoms with Crippen LogP contribution in [0.15, 0.2) is 18.3 Å². The molecule has 0 unspecified atom stereocenters. The number of hydrogen-bond donors (Lipinski definition) is 1. The third-order valence-electron chi connectivity index (χ3n) is 3.02. The zero-order chi connectivity index (χ0) is 13.1. The molecule has 0 atom stereocenters. The fourth-order valence-corrected chi connectivity index (χ4v) is 2.51. The van der Waals surface area contributed by atoms with E-state index in [1.807, 2.05) is 6.20 Å². The zero-order valence-electron chi connectivity index (χ0n) is 11.0. The molecule has 4 heteroatoms. The van der Waals surface area contributed by atoms with Gasteiger partial charge in [0.05, 0.1) is 0 Å². The van der Waals surface area contributed by atoms with Gasteiger partial charge in [0.1, 0.15) is 17.4 Å². The van der Waals surface area contributed by atoms with E-state index in [4.69, 9.17) is 10.5 Å². The van der Waals surface area contributed by atoms with E-state index >= 15 is 0 Å². The number of aryl methyl sites for hydroxylation is 2. The van der Waals surface area contributed by atoms with Gasteiger partial charge in [-0.05, 0) is 37.5 Å². The number of aromatic nitrogens is 1. The van der Waals surface area contributed by atoms with Gasteiger partial charge in [0.2, 0.25) is 0 Å². The monoisotopic (exact) mass is 262 g/mol. The Labute approximate surface area is 112 Å². The smallest absolute Gasteiger partial charge is 0.140 e. The largest absolute Gasteiger partial charge is 0.486 e. The van der Waals surface area contributed by atoms with Crippen molar-refractivity contribution in [2.75, 3.05) is 0 Å². The third-order valence-corrected chi connectivity index (χ3v) is 4.01. The lowest BCUT2D eigenvalue weighted by atomic mass is 10.1. The summed E-state index contributed by atoms with van der Waals surface area (Å²) < 4.78 is 5.90. The molecular weight excluding hydrogens is 244 g/mol. The van der Waals surface area contributed by atoms with Crippen LogP contribution in [-0.4, -0.2) is 4.98 Å². The molecule has 0 aliphatic rings. The van der Waals surface area contributed by atoms with Crippen LogP contribution in [0.4, 0.5) is 0 Å². The molecule has 2 aromatic rings. The van der Waals surface area contributed by atoms with Gasteiger partial charge in [-0.3, -0.25) is 0 Å². The molecular formula is C14H18N2OS. The number of ether oxygens (including phenoxy) is 1. The molecule has 1 aromatic carbocycles. The van der Waals surface area contributed by atoms with Crippen LogP contribution in [0.3, 0.4) is 0 Å². The predicted octanol–water partition coefficient (Wildman–Crippen LogP) is 3.11. The van der Waals surface area contributed by atoms with Crippen LogP contribution in [0.1, 0.15) is 26.6 Å². The SMILES string of the molecule is Cc1ccc(C)c(OCc2ncc(CN)s2)c1C. The van der Waals surface area contributed by atoms with E-state index in [2.05, 4.69) is 37.9 Å². The normalized spacial score (nSPS) is 10.7. The van der Waals surface area contributed by atoms with Crippen LogP contribution in [0.25, 0.3) is 0 Å². The molecule has 0 amide bonds. The molecule has 0 aliphatic carbocycles. The van der Waals surface area contributed by atoms with Crippen molar-refractivity contribution in [2.24, 2.45) is 5.73 Å². The molecule has 2 N–H and O–H groups in total. The number of nitrogens with two attached hydrogens (primary N) is 1. The first-order valence-electron chi connectivity index (χ1n) is 5.95. The lowest BCUT2D eigenvalue weighted by Crippen LogP contribution is -1.99. The van der Waals surface area contributed by atoms with Gasteiger partial charge >= 0.3 is 0 Å². The van der Waals surface area contributed by atoms with Gasteiger partial charge in [0.25, 0.3) is 0 Å². The molecule has 1 heterocycles. The highest BCUT2D eigenvalue weighted by Gasteiger charge is 2.08. The van der Waals surface area contributed by atoms with Crippen LogP contribution in [0, 0.1) is 20.8 Å². The quantitative estimate of drug-likeness (QED) is 0.921. The van der Waals surface area contributed by atoms with Crippen LogP contribution >= 0.6 is 11.3 Å². The first kappa shape index (κ1) is 13.1. The van der Waals surface area contributed by atoms with Gasteiger partial charge in [-0.1, -0.05) is 12.1 Å². The molecule has 0 bridgehead atoms. The second-order valence-corrected chi connectivity index (χ2v) is 5.57. The Morgan fingerprint density at radius 1 is 1.22 bits per heavy atom.